The van der Waals surface area contributed by atoms with Crippen LogP contribution in [0.3, 0.4) is 0 Å². The fourth-order valence-corrected chi connectivity index (χ4v) is 3.92. The van der Waals surface area contributed by atoms with Gasteiger partial charge in [0, 0.05) is 12.6 Å². The van der Waals surface area contributed by atoms with E-state index >= 15 is 0 Å². The summed E-state index contributed by atoms with van der Waals surface area (Å²) in [5.41, 5.74) is 1.79. The second-order valence-electron chi connectivity index (χ2n) is 6.60. The number of likely N-dealkylation sites (N-methyl/N-ethyl adjacent to an activating group) is 2. The first kappa shape index (κ1) is 19.3. The molecule has 0 spiro atoms. The number of nitrogens with one attached hydrogen (secondary N) is 1. The second kappa shape index (κ2) is 8.45. The number of rotatable bonds is 7. The summed E-state index contributed by atoms with van der Waals surface area (Å²) in [5.74, 6) is -0.133. The van der Waals surface area contributed by atoms with Gasteiger partial charge in [-0.3, -0.25) is 4.79 Å². The molecule has 1 amide bonds. The summed E-state index contributed by atoms with van der Waals surface area (Å²) in [7, 11) is 5.15. The smallest absolute Gasteiger partial charge is 0.277 e. The Kier molecular flexibility index (Phi) is 6.03. The number of hydrogen-bond donors (Lipinski definition) is 1. The molecule has 0 aliphatic heterocycles. The normalized spacial score (nSPS) is 12.1. The molecule has 1 heterocycles. The van der Waals surface area contributed by atoms with Gasteiger partial charge >= 0.3 is 0 Å². The summed E-state index contributed by atoms with van der Waals surface area (Å²) in [6, 6.07) is 12.8. The Morgan fingerprint density at radius 2 is 2.07 bits per heavy atom. The number of amides is 1. The van der Waals surface area contributed by atoms with Crippen molar-refractivity contribution in [1.29, 1.82) is 0 Å². The Morgan fingerprint density at radius 1 is 1.30 bits per heavy atom. The Bertz CT molecular complexity index is 911. The van der Waals surface area contributed by atoms with Crippen LogP contribution in [0.5, 0.6) is 5.75 Å². The number of quaternary nitrogens is 1. The second-order valence-corrected chi connectivity index (χ2v) is 7.72. The summed E-state index contributed by atoms with van der Waals surface area (Å²) >= 11 is 1.60. The molecule has 0 saturated carbocycles. The maximum Gasteiger partial charge on any atom is 0.277 e. The van der Waals surface area contributed by atoms with E-state index in [1.807, 2.05) is 37.4 Å². The number of benzene rings is 2. The van der Waals surface area contributed by atoms with Crippen molar-refractivity contribution in [2.45, 2.75) is 13.1 Å². The number of thiazole rings is 1. The van der Waals surface area contributed by atoms with Gasteiger partial charge in [-0.25, -0.2) is 9.37 Å². The Balaban J connectivity index is 1.56. The number of ether oxygens (including phenoxy) is 1. The maximum atomic E-state index is 13.8. The molecule has 3 aromatic rings. The highest BCUT2D eigenvalue weighted by Crippen LogP contribution is 2.22. The van der Waals surface area contributed by atoms with E-state index in [4.69, 9.17) is 4.74 Å². The van der Waals surface area contributed by atoms with Gasteiger partial charge in [0.25, 0.3) is 5.91 Å². The molecule has 0 aliphatic rings. The number of aromatic nitrogens is 1. The Labute approximate surface area is 162 Å². The highest BCUT2D eigenvalue weighted by molar-refractivity contribution is 7.18. The van der Waals surface area contributed by atoms with Crippen molar-refractivity contribution < 1.29 is 18.8 Å². The van der Waals surface area contributed by atoms with Crippen LogP contribution in [0.2, 0.25) is 0 Å². The van der Waals surface area contributed by atoms with E-state index in [1.165, 1.54) is 13.2 Å². The van der Waals surface area contributed by atoms with Crippen molar-refractivity contribution in [1.82, 2.24) is 9.88 Å². The van der Waals surface area contributed by atoms with Gasteiger partial charge in [0.15, 0.2) is 18.1 Å². The van der Waals surface area contributed by atoms with Crippen LogP contribution < -0.4 is 9.64 Å². The number of para-hydroxylation sites is 1. The Hall–Kier alpha value is -2.51. The first-order valence-electron chi connectivity index (χ1n) is 8.68. The highest BCUT2D eigenvalue weighted by Gasteiger charge is 2.17. The zero-order valence-corrected chi connectivity index (χ0v) is 16.5. The summed E-state index contributed by atoms with van der Waals surface area (Å²) in [4.78, 5) is 19.8. The molecule has 5 nitrogen and oxygen atoms in total. The molecule has 7 heteroatoms. The van der Waals surface area contributed by atoms with Crippen molar-refractivity contribution in [3.05, 3.63) is 58.9 Å². The van der Waals surface area contributed by atoms with Gasteiger partial charge in [0.05, 0.1) is 30.9 Å². The predicted octanol–water partition coefficient (Wildman–Crippen LogP) is 2.12. The van der Waals surface area contributed by atoms with Crippen LogP contribution in [-0.4, -0.2) is 43.5 Å². The van der Waals surface area contributed by atoms with Crippen LogP contribution in [0.1, 0.15) is 10.6 Å². The molecule has 1 unspecified atom stereocenters. The average molecular weight is 388 g/mol. The first-order valence-corrected chi connectivity index (χ1v) is 9.50. The molecule has 1 aromatic heterocycles. The fraction of sp³-hybridized carbons (Fsp3) is 0.300. The van der Waals surface area contributed by atoms with Crippen molar-refractivity contribution in [3.63, 3.8) is 0 Å². The number of carbonyl (C=O) groups is 1. The van der Waals surface area contributed by atoms with Crippen LogP contribution >= 0.6 is 11.3 Å². The van der Waals surface area contributed by atoms with E-state index in [2.05, 4.69) is 4.98 Å². The van der Waals surface area contributed by atoms with Gasteiger partial charge in [-0.05, 0) is 30.3 Å². The molecule has 2 aromatic carbocycles. The van der Waals surface area contributed by atoms with Crippen molar-refractivity contribution in [3.8, 4) is 5.75 Å². The molecule has 0 bridgehead atoms. The molecule has 0 aliphatic carbocycles. The number of hydrogen-bond acceptors (Lipinski definition) is 4. The van der Waals surface area contributed by atoms with E-state index in [0.29, 0.717) is 19.6 Å². The zero-order chi connectivity index (χ0) is 19.4. The molecular formula is C20H23FN3O2S+. The minimum absolute atomic E-state index is 0.0285. The van der Waals surface area contributed by atoms with E-state index in [0.717, 1.165) is 25.7 Å². The van der Waals surface area contributed by atoms with Gasteiger partial charge < -0.3 is 14.5 Å². The highest BCUT2D eigenvalue weighted by atomic mass is 32.1. The zero-order valence-electron chi connectivity index (χ0n) is 15.7. The molecule has 3 rings (SSSR count). The number of fused-ring (bicyclic) bond motifs is 1. The SMILES string of the molecule is COc1ccc(C[NH+](C)CC(=O)N(C)Cc2nc3ccccc3s2)cc1F. The van der Waals surface area contributed by atoms with Crippen LogP contribution in [-0.2, 0) is 17.9 Å². The summed E-state index contributed by atoms with van der Waals surface area (Å²) < 4.78 is 19.9. The van der Waals surface area contributed by atoms with Crippen molar-refractivity contribution in [2.75, 3.05) is 27.7 Å². The number of carbonyl (C=O) groups excluding carboxylic acids is 1. The van der Waals surface area contributed by atoms with Crippen molar-refractivity contribution in [2.24, 2.45) is 0 Å². The van der Waals surface area contributed by atoms with Crippen LogP contribution in [0.4, 0.5) is 4.39 Å². The molecule has 142 valence electrons. The predicted molar refractivity (Wildman–Crippen MR) is 105 cm³/mol. The topological polar surface area (TPSA) is 46.9 Å². The molecule has 1 atom stereocenters. The third-order valence-electron chi connectivity index (χ3n) is 4.31. The molecular weight excluding hydrogens is 365 g/mol. The fourth-order valence-electron chi connectivity index (χ4n) is 2.90. The number of halogens is 1. The lowest BCUT2D eigenvalue weighted by Gasteiger charge is -2.19. The number of nitrogens with zero attached hydrogens (tertiary/aromatic N) is 2. The van der Waals surface area contributed by atoms with E-state index in [1.54, 1.807) is 29.4 Å². The van der Waals surface area contributed by atoms with Crippen LogP contribution in [0.25, 0.3) is 10.2 Å². The summed E-state index contributed by atoms with van der Waals surface area (Å²) in [6.45, 7) is 1.37. The van der Waals surface area contributed by atoms with Gasteiger partial charge in [-0.15, -0.1) is 11.3 Å². The molecule has 1 N–H and O–H groups in total. The minimum Gasteiger partial charge on any atom is -0.494 e. The van der Waals surface area contributed by atoms with Gasteiger partial charge in [0.2, 0.25) is 0 Å². The third-order valence-corrected chi connectivity index (χ3v) is 5.33. The Morgan fingerprint density at radius 3 is 2.78 bits per heavy atom. The van der Waals surface area contributed by atoms with E-state index < -0.39 is 0 Å². The van der Waals surface area contributed by atoms with Gasteiger partial charge in [0.1, 0.15) is 11.6 Å². The molecule has 27 heavy (non-hydrogen) atoms. The maximum absolute atomic E-state index is 13.8. The largest absolute Gasteiger partial charge is 0.494 e. The first-order chi connectivity index (χ1) is 13.0. The molecule has 0 fully saturated rings. The van der Waals surface area contributed by atoms with Crippen LogP contribution in [0, 0.1) is 5.82 Å². The molecule has 0 radical (unpaired) electrons. The lowest BCUT2D eigenvalue weighted by atomic mass is 10.2. The third kappa shape index (κ3) is 4.81. The minimum atomic E-state index is -0.387. The van der Waals surface area contributed by atoms with Crippen molar-refractivity contribution >= 4 is 27.5 Å². The lowest BCUT2D eigenvalue weighted by molar-refractivity contribution is -0.885. The average Bonchev–Trinajstić information content (AvgIpc) is 3.04. The number of methoxy groups -OCH3 is 1. The van der Waals surface area contributed by atoms with E-state index in [9.17, 15) is 9.18 Å². The summed E-state index contributed by atoms with van der Waals surface area (Å²) in [5, 5.41) is 0.918. The van der Waals surface area contributed by atoms with Gasteiger partial charge in [-0.1, -0.05) is 12.1 Å². The monoisotopic (exact) mass is 388 g/mol. The standard InChI is InChI=1S/C20H22FN3O2S/c1-23(11-14-8-9-17(26-3)15(21)10-14)13-20(25)24(2)12-19-22-16-6-4-5-7-18(16)27-19/h4-10H,11-13H2,1-3H3/p+1. The quantitative estimate of drug-likeness (QED) is 0.675. The lowest BCUT2D eigenvalue weighted by Crippen LogP contribution is -3.08. The molecule has 0 saturated heterocycles. The van der Waals surface area contributed by atoms with E-state index in [-0.39, 0.29) is 17.5 Å². The summed E-state index contributed by atoms with van der Waals surface area (Å²) in [6.07, 6.45) is 0. The van der Waals surface area contributed by atoms with Gasteiger partial charge in [-0.2, -0.15) is 0 Å². The van der Waals surface area contributed by atoms with Crippen LogP contribution in [0.15, 0.2) is 42.5 Å².